The molecule has 192 valence electrons. The fourth-order valence-corrected chi connectivity index (χ4v) is 4.02. The van der Waals surface area contributed by atoms with Gasteiger partial charge in [-0.2, -0.15) is 0 Å². The Balaban J connectivity index is 1.24. The summed E-state index contributed by atoms with van der Waals surface area (Å²) in [4.78, 5) is 39.4. The summed E-state index contributed by atoms with van der Waals surface area (Å²) in [5.74, 6) is -0.490. The minimum absolute atomic E-state index is 0.0857. The lowest BCUT2D eigenvalue weighted by Crippen LogP contribution is -2.55. The van der Waals surface area contributed by atoms with Crippen LogP contribution in [0.25, 0.3) is 0 Å². The van der Waals surface area contributed by atoms with Crippen LogP contribution in [0.15, 0.2) is 78.9 Å². The summed E-state index contributed by atoms with van der Waals surface area (Å²) < 4.78 is 5.70. The number of anilines is 1. The highest BCUT2D eigenvalue weighted by atomic mass is 16.5. The molecular weight excluding hydrogens is 476 g/mol. The number of aliphatic hydroxyl groups excluding tert-OH is 2. The number of carbonyl (C=O) groups excluding carboxylic acids is 2. The van der Waals surface area contributed by atoms with Crippen LogP contribution in [-0.4, -0.2) is 65.3 Å². The van der Waals surface area contributed by atoms with Gasteiger partial charge in [0.25, 0.3) is 17.5 Å². The normalized spacial score (nSPS) is 15.0. The molecule has 1 aliphatic heterocycles. The number of benzene rings is 3. The fourth-order valence-electron chi connectivity index (χ4n) is 4.02. The number of aliphatic hydroxyl groups is 2. The molecule has 1 saturated heterocycles. The van der Waals surface area contributed by atoms with E-state index in [2.05, 4.69) is 10.2 Å². The number of amides is 2. The molecule has 0 bridgehead atoms. The van der Waals surface area contributed by atoms with Crippen molar-refractivity contribution in [3.63, 3.8) is 0 Å². The molecule has 1 fully saturated rings. The molecule has 0 spiro atoms. The predicted molar refractivity (Wildman–Crippen MR) is 136 cm³/mol. The van der Waals surface area contributed by atoms with E-state index in [0.717, 1.165) is 11.3 Å². The van der Waals surface area contributed by atoms with E-state index in [9.17, 15) is 24.7 Å². The molecule has 1 aliphatic rings. The van der Waals surface area contributed by atoms with E-state index in [1.807, 2.05) is 30.3 Å². The topological polar surface area (TPSA) is 133 Å². The first-order chi connectivity index (χ1) is 17.9. The number of nitrogens with one attached hydrogen (secondary N) is 2. The van der Waals surface area contributed by atoms with Gasteiger partial charge < -0.3 is 30.1 Å². The lowest BCUT2D eigenvalue weighted by Gasteiger charge is -2.37. The van der Waals surface area contributed by atoms with Crippen LogP contribution in [0.1, 0.15) is 5.56 Å². The highest BCUT2D eigenvalue weighted by Gasteiger charge is 2.34. The van der Waals surface area contributed by atoms with Crippen LogP contribution >= 0.6 is 0 Å². The van der Waals surface area contributed by atoms with Crippen LogP contribution in [0.4, 0.5) is 11.4 Å². The van der Waals surface area contributed by atoms with Crippen LogP contribution in [0.5, 0.6) is 11.5 Å². The molecule has 4 rings (SSSR count). The number of carbonyl (C=O) groups is 2. The smallest absolute Gasteiger partial charge is 0.257 e. The van der Waals surface area contributed by atoms with E-state index in [1.54, 1.807) is 53.7 Å². The van der Waals surface area contributed by atoms with Gasteiger partial charge in [0.2, 0.25) is 0 Å². The molecule has 3 aromatic rings. The Bertz CT molecular complexity index is 1210. The third kappa shape index (κ3) is 6.69. The maximum atomic E-state index is 12.7. The van der Waals surface area contributed by atoms with Crippen LogP contribution in [0.3, 0.4) is 0 Å². The number of hydrogen-bond acceptors (Lipinski definition) is 7. The van der Waals surface area contributed by atoms with Gasteiger partial charge in [0.1, 0.15) is 11.5 Å². The second-order valence-corrected chi connectivity index (χ2v) is 8.63. The summed E-state index contributed by atoms with van der Waals surface area (Å²) in [6.45, 7) is 2.02. The Morgan fingerprint density at radius 1 is 0.865 bits per heavy atom. The Morgan fingerprint density at radius 2 is 1.57 bits per heavy atom. The molecule has 0 radical (unpaired) electrons. The van der Waals surface area contributed by atoms with Crippen molar-refractivity contribution in [2.75, 3.05) is 31.1 Å². The maximum Gasteiger partial charge on any atom is 0.257 e. The summed E-state index contributed by atoms with van der Waals surface area (Å²) in [5.41, 5.74) is 2.16. The summed E-state index contributed by atoms with van der Waals surface area (Å²) in [7, 11) is 0. The van der Waals surface area contributed by atoms with Crippen molar-refractivity contribution in [2.24, 2.45) is 0 Å². The number of piperazine rings is 1. The van der Waals surface area contributed by atoms with Gasteiger partial charge in [0.05, 0.1) is 6.07 Å². The van der Waals surface area contributed by atoms with Crippen LogP contribution in [0, 0.1) is 4.91 Å². The van der Waals surface area contributed by atoms with E-state index in [0.29, 0.717) is 43.4 Å². The molecule has 2 atom stereocenters. The molecule has 3 aromatic carbocycles. The van der Waals surface area contributed by atoms with E-state index >= 15 is 0 Å². The molecular formula is C27H29N4O6+. The molecule has 0 aromatic heterocycles. The van der Waals surface area contributed by atoms with Crippen molar-refractivity contribution in [2.45, 2.75) is 18.8 Å². The number of para-hydroxylation sites is 1. The molecule has 1 heterocycles. The van der Waals surface area contributed by atoms with Crippen LogP contribution in [0.2, 0.25) is 0 Å². The molecule has 10 nitrogen and oxygen atoms in total. The van der Waals surface area contributed by atoms with E-state index < -0.39 is 24.0 Å². The standard InChI is InChI=1S/C27H28N4O6/c32-24(25(33)27(35)31-15-13-30(14-16-31)21-6-2-1-3-7-21)26(34)28-18-19-9-11-22(12-10-19)37-23-8-4-5-20(17-23)29-36/h1-12,17,24-25,32-33H,13-16,18H2,(H,28,34)/p+1/t24-,25-/m1/s1. The predicted octanol–water partition coefficient (Wildman–Crippen LogP) is 0.644. The van der Waals surface area contributed by atoms with Crippen molar-refractivity contribution < 1.29 is 29.7 Å². The summed E-state index contributed by atoms with van der Waals surface area (Å²) in [6, 6.07) is 23.3. The average Bonchev–Trinajstić information content (AvgIpc) is 2.96. The molecule has 10 heteroatoms. The summed E-state index contributed by atoms with van der Waals surface area (Å²) in [5, 5.41) is 25.0. The average molecular weight is 506 g/mol. The number of ether oxygens (including phenoxy) is 1. The molecule has 0 aliphatic carbocycles. The van der Waals surface area contributed by atoms with E-state index in [-0.39, 0.29) is 6.54 Å². The van der Waals surface area contributed by atoms with Gasteiger partial charge in [-0.1, -0.05) is 36.4 Å². The Kier molecular flexibility index (Phi) is 8.44. The number of nitrogens with zero attached hydrogens (tertiary/aromatic N) is 2. The van der Waals surface area contributed by atoms with Crippen molar-refractivity contribution >= 4 is 23.2 Å². The highest BCUT2D eigenvalue weighted by Crippen LogP contribution is 2.23. The highest BCUT2D eigenvalue weighted by molar-refractivity contribution is 5.90. The second kappa shape index (κ2) is 12.1. The first kappa shape index (κ1) is 25.8. The molecule has 0 unspecified atom stereocenters. The number of hydrogen-bond donors (Lipinski definition) is 4. The molecule has 4 N–H and O–H groups in total. The van der Waals surface area contributed by atoms with Gasteiger partial charge in [-0.25, -0.2) is 0 Å². The zero-order chi connectivity index (χ0) is 26.2. The largest absolute Gasteiger partial charge is 0.457 e. The van der Waals surface area contributed by atoms with Crippen molar-refractivity contribution in [3.8, 4) is 11.5 Å². The number of rotatable bonds is 9. The first-order valence-electron chi connectivity index (χ1n) is 11.9. The van der Waals surface area contributed by atoms with Gasteiger partial charge >= 0.3 is 0 Å². The van der Waals surface area contributed by atoms with Gasteiger partial charge in [0, 0.05) is 54.6 Å². The minimum atomic E-state index is -1.89. The Hall–Kier alpha value is -4.28. The van der Waals surface area contributed by atoms with Gasteiger partial charge in [-0.05, 0) is 35.9 Å². The van der Waals surface area contributed by atoms with Gasteiger partial charge in [0.15, 0.2) is 12.2 Å². The lowest BCUT2D eigenvalue weighted by atomic mass is 10.1. The number of nitroso groups, excluding NO2 is 1. The minimum Gasteiger partial charge on any atom is -0.457 e. The summed E-state index contributed by atoms with van der Waals surface area (Å²) >= 11 is 0. The zero-order valence-electron chi connectivity index (χ0n) is 20.1. The van der Waals surface area contributed by atoms with Crippen molar-refractivity contribution in [3.05, 3.63) is 89.3 Å². The molecule has 37 heavy (non-hydrogen) atoms. The molecule has 2 amide bonds. The second-order valence-electron chi connectivity index (χ2n) is 8.63. The van der Waals surface area contributed by atoms with Gasteiger partial charge in [-0.3, -0.25) is 9.59 Å². The third-order valence-corrected chi connectivity index (χ3v) is 6.11. The lowest BCUT2D eigenvalue weighted by molar-refractivity contribution is -0.379. The third-order valence-electron chi connectivity index (χ3n) is 6.11. The Morgan fingerprint density at radius 3 is 2.24 bits per heavy atom. The first-order valence-corrected chi connectivity index (χ1v) is 11.9. The van der Waals surface area contributed by atoms with Crippen LogP contribution in [-0.2, 0) is 16.1 Å². The van der Waals surface area contributed by atoms with Gasteiger partial charge in [-0.15, -0.1) is 0 Å². The quantitative estimate of drug-likeness (QED) is 0.336. The summed E-state index contributed by atoms with van der Waals surface area (Å²) in [6.07, 6.45) is -3.73. The zero-order valence-corrected chi connectivity index (χ0v) is 20.1. The van der Waals surface area contributed by atoms with Crippen molar-refractivity contribution in [1.29, 1.82) is 0 Å². The fraction of sp³-hybridized carbons (Fsp3) is 0.259. The van der Waals surface area contributed by atoms with E-state index in [4.69, 9.17) is 4.74 Å². The van der Waals surface area contributed by atoms with Crippen LogP contribution < -0.4 is 20.1 Å². The van der Waals surface area contributed by atoms with Crippen molar-refractivity contribution in [1.82, 2.24) is 10.2 Å². The SMILES string of the molecule is O=[NH+]c1cccc(Oc2ccc(CNC(=O)[C@H](O)[C@@H](O)C(=O)N3CCN(c4ccccc4)CC3)cc2)c1. The molecule has 0 saturated carbocycles. The maximum absolute atomic E-state index is 12.7. The Labute approximate surface area is 214 Å². The monoisotopic (exact) mass is 505 g/mol. The van der Waals surface area contributed by atoms with E-state index in [1.165, 1.54) is 4.90 Å².